The third kappa shape index (κ3) is 4.58. The zero-order chi connectivity index (χ0) is 20.1. The van der Waals surface area contributed by atoms with Crippen LogP contribution in [0.4, 0.5) is 5.69 Å². The number of aromatic nitrogens is 3. The van der Waals surface area contributed by atoms with Crippen molar-refractivity contribution in [2.45, 2.75) is 12.1 Å². The number of amides is 1. The maximum absolute atomic E-state index is 12.4. The molecule has 0 spiro atoms. The molecule has 0 aliphatic heterocycles. The fourth-order valence-electron chi connectivity index (χ4n) is 2.56. The van der Waals surface area contributed by atoms with Gasteiger partial charge in [0.2, 0.25) is 5.91 Å². The molecular weight excluding hydrogens is 400 g/mol. The van der Waals surface area contributed by atoms with Crippen molar-refractivity contribution in [3.63, 3.8) is 0 Å². The van der Waals surface area contributed by atoms with Gasteiger partial charge < -0.3 is 14.8 Å². The average Bonchev–Trinajstić information content (AvgIpc) is 3.16. The number of carbonyl (C=O) groups excluding carboxylic acids is 1. The first-order chi connectivity index (χ1) is 13.5. The van der Waals surface area contributed by atoms with Crippen molar-refractivity contribution in [3.8, 4) is 17.2 Å². The summed E-state index contributed by atoms with van der Waals surface area (Å²) in [4.78, 5) is 12.4. The molecule has 1 amide bonds. The fraction of sp³-hybridized carbons (Fsp3) is 0.211. The second-order valence-corrected chi connectivity index (χ2v) is 7.20. The highest BCUT2D eigenvalue weighted by Gasteiger charge is 2.13. The molecule has 0 atom stereocenters. The number of anilines is 1. The van der Waals surface area contributed by atoms with Crippen LogP contribution in [-0.2, 0) is 4.79 Å². The standard InChI is InChI=1S/C19H19ClN4O3S/c1-12-7-16(26-2)17(27-3)9-15(12)22-18(25)10-28-19-23-21-11-24(19)14-6-4-5-13(20)8-14/h4-9,11H,10H2,1-3H3,(H,22,25). The van der Waals surface area contributed by atoms with Gasteiger partial charge in [-0.05, 0) is 36.8 Å². The second-order valence-electron chi connectivity index (χ2n) is 5.82. The Hall–Kier alpha value is -2.71. The Labute approximate surface area is 172 Å². The fourth-order valence-corrected chi connectivity index (χ4v) is 3.47. The van der Waals surface area contributed by atoms with E-state index in [0.29, 0.717) is 27.4 Å². The van der Waals surface area contributed by atoms with Crippen LogP contribution in [0, 0.1) is 6.92 Å². The van der Waals surface area contributed by atoms with E-state index < -0.39 is 0 Å². The molecule has 0 unspecified atom stereocenters. The molecule has 0 fully saturated rings. The molecule has 2 aromatic carbocycles. The molecule has 1 N–H and O–H groups in total. The summed E-state index contributed by atoms with van der Waals surface area (Å²) < 4.78 is 12.3. The number of nitrogens with zero attached hydrogens (tertiary/aromatic N) is 3. The van der Waals surface area contributed by atoms with Crippen LogP contribution in [0.25, 0.3) is 5.69 Å². The highest BCUT2D eigenvalue weighted by molar-refractivity contribution is 7.99. The summed E-state index contributed by atoms with van der Waals surface area (Å²) in [5.74, 6) is 1.17. The molecule has 0 bridgehead atoms. The minimum absolute atomic E-state index is 0.166. The zero-order valence-corrected chi connectivity index (χ0v) is 17.2. The van der Waals surface area contributed by atoms with E-state index in [1.165, 1.54) is 11.8 Å². The molecule has 9 heteroatoms. The number of thioether (sulfide) groups is 1. The van der Waals surface area contributed by atoms with E-state index in [9.17, 15) is 4.79 Å². The van der Waals surface area contributed by atoms with Crippen LogP contribution in [0.2, 0.25) is 5.02 Å². The average molecular weight is 419 g/mol. The van der Waals surface area contributed by atoms with Crippen LogP contribution in [0.1, 0.15) is 5.56 Å². The number of hydrogen-bond donors (Lipinski definition) is 1. The van der Waals surface area contributed by atoms with Crippen LogP contribution in [-0.4, -0.2) is 40.6 Å². The van der Waals surface area contributed by atoms with Crippen molar-refractivity contribution < 1.29 is 14.3 Å². The van der Waals surface area contributed by atoms with Crippen LogP contribution in [0.15, 0.2) is 47.9 Å². The second kappa shape index (κ2) is 8.99. The lowest BCUT2D eigenvalue weighted by Crippen LogP contribution is -2.15. The van der Waals surface area contributed by atoms with E-state index in [2.05, 4.69) is 15.5 Å². The lowest BCUT2D eigenvalue weighted by Gasteiger charge is -2.13. The number of rotatable bonds is 7. The molecule has 1 aromatic heterocycles. The summed E-state index contributed by atoms with van der Waals surface area (Å²) in [6, 6.07) is 10.9. The van der Waals surface area contributed by atoms with Crippen LogP contribution < -0.4 is 14.8 Å². The Kier molecular flexibility index (Phi) is 6.43. The molecule has 0 saturated carbocycles. The molecule has 7 nitrogen and oxygen atoms in total. The monoisotopic (exact) mass is 418 g/mol. The largest absolute Gasteiger partial charge is 0.493 e. The lowest BCUT2D eigenvalue weighted by atomic mass is 10.1. The molecule has 0 aliphatic carbocycles. The minimum atomic E-state index is -0.166. The summed E-state index contributed by atoms with van der Waals surface area (Å²) in [5.41, 5.74) is 2.37. The van der Waals surface area contributed by atoms with Crippen molar-refractivity contribution in [3.05, 3.63) is 53.3 Å². The number of carbonyl (C=O) groups is 1. The molecule has 3 aromatic rings. The maximum atomic E-state index is 12.4. The summed E-state index contributed by atoms with van der Waals surface area (Å²) in [6.45, 7) is 1.89. The van der Waals surface area contributed by atoms with Gasteiger partial charge in [0, 0.05) is 16.8 Å². The summed E-state index contributed by atoms with van der Waals surface area (Å²) >= 11 is 7.33. The van der Waals surface area contributed by atoms with Gasteiger partial charge in [-0.25, -0.2) is 0 Å². The van der Waals surface area contributed by atoms with E-state index in [-0.39, 0.29) is 11.7 Å². The number of methoxy groups -OCH3 is 2. The first-order valence-electron chi connectivity index (χ1n) is 8.33. The summed E-state index contributed by atoms with van der Waals surface area (Å²) in [5, 5.41) is 12.1. The van der Waals surface area contributed by atoms with Gasteiger partial charge in [-0.2, -0.15) is 0 Å². The van der Waals surface area contributed by atoms with Gasteiger partial charge in [-0.15, -0.1) is 10.2 Å². The Morgan fingerprint density at radius 2 is 1.96 bits per heavy atom. The van der Waals surface area contributed by atoms with Crippen LogP contribution >= 0.6 is 23.4 Å². The maximum Gasteiger partial charge on any atom is 0.234 e. The molecular formula is C19H19ClN4O3S. The number of hydrogen-bond acceptors (Lipinski definition) is 6. The van der Waals surface area contributed by atoms with Gasteiger partial charge >= 0.3 is 0 Å². The number of ether oxygens (including phenoxy) is 2. The lowest BCUT2D eigenvalue weighted by molar-refractivity contribution is -0.113. The van der Waals surface area contributed by atoms with Gasteiger partial charge in [0.05, 0.1) is 25.7 Å². The first kappa shape index (κ1) is 20.0. The Morgan fingerprint density at radius 3 is 2.68 bits per heavy atom. The van der Waals surface area contributed by atoms with Crippen molar-refractivity contribution in [2.75, 3.05) is 25.3 Å². The summed E-state index contributed by atoms with van der Waals surface area (Å²) in [7, 11) is 3.12. The Balaban J connectivity index is 1.69. The number of aryl methyl sites for hydroxylation is 1. The van der Waals surface area contributed by atoms with Gasteiger partial charge in [-0.3, -0.25) is 9.36 Å². The molecule has 0 saturated heterocycles. The molecule has 0 radical (unpaired) electrons. The first-order valence-corrected chi connectivity index (χ1v) is 9.69. The van der Waals surface area contributed by atoms with Crippen molar-refractivity contribution in [2.24, 2.45) is 0 Å². The van der Waals surface area contributed by atoms with Gasteiger partial charge in [0.1, 0.15) is 6.33 Å². The molecule has 28 heavy (non-hydrogen) atoms. The molecule has 146 valence electrons. The quantitative estimate of drug-likeness (QED) is 0.585. The molecule has 0 aliphatic rings. The van der Waals surface area contributed by atoms with E-state index in [0.717, 1.165) is 11.3 Å². The van der Waals surface area contributed by atoms with E-state index in [4.69, 9.17) is 21.1 Å². The highest BCUT2D eigenvalue weighted by atomic mass is 35.5. The number of nitrogens with one attached hydrogen (secondary N) is 1. The Bertz CT molecular complexity index is 993. The third-order valence-corrected chi connectivity index (χ3v) is 5.12. The van der Waals surface area contributed by atoms with Crippen LogP contribution in [0.3, 0.4) is 0 Å². The zero-order valence-electron chi connectivity index (χ0n) is 15.6. The smallest absolute Gasteiger partial charge is 0.234 e. The van der Waals surface area contributed by atoms with E-state index in [1.807, 2.05) is 31.2 Å². The van der Waals surface area contributed by atoms with E-state index >= 15 is 0 Å². The van der Waals surface area contributed by atoms with Gasteiger partial charge in [0.15, 0.2) is 16.7 Å². The minimum Gasteiger partial charge on any atom is -0.493 e. The SMILES string of the molecule is COc1cc(C)c(NC(=O)CSc2nncn2-c2cccc(Cl)c2)cc1OC. The van der Waals surface area contributed by atoms with Crippen LogP contribution in [0.5, 0.6) is 11.5 Å². The topological polar surface area (TPSA) is 78.3 Å². The van der Waals surface area contributed by atoms with Gasteiger partial charge in [-0.1, -0.05) is 29.4 Å². The number of halogens is 1. The van der Waals surface area contributed by atoms with Crippen molar-refractivity contribution >= 4 is 35.0 Å². The number of benzene rings is 2. The predicted octanol–water partition coefficient (Wildman–Crippen LogP) is 3.98. The normalized spacial score (nSPS) is 10.6. The highest BCUT2D eigenvalue weighted by Crippen LogP contribution is 2.33. The molecule has 1 heterocycles. The summed E-state index contributed by atoms with van der Waals surface area (Å²) in [6.07, 6.45) is 1.59. The predicted molar refractivity (Wildman–Crippen MR) is 110 cm³/mol. The van der Waals surface area contributed by atoms with Gasteiger partial charge in [0.25, 0.3) is 0 Å². The van der Waals surface area contributed by atoms with Crippen molar-refractivity contribution in [1.29, 1.82) is 0 Å². The Morgan fingerprint density at radius 1 is 1.21 bits per heavy atom. The third-order valence-electron chi connectivity index (χ3n) is 3.94. The van der Waals surface area contributed by atoms with E-state index in [1.54, 1.807) is 37.2 Å². The molecule has 3 rings (SSSR count). The van der Waals surface area contributed by atoms with Crippen molar-refractivity contribution in [1.82, 2.24) is 14.8 Å².